The lowest BCUT2D eigenvalue weighted by atomic mass is 9.92. The van der Waals surface area contributed by atoms with Crippen LogP contribution in [0.3, 0.4) is 0 Å². The molecule has 0 bridgehead atoms. The fourth-order valence-electron chi connectivity index (χ4n) is 2.67. The van der Waals surface area contributed by atoms with E-state index < -0.39 is 5.60 Å². The number of rotatable bonds is 5. The van der Waals surface area contributed by atoms with Gasteiger partial charge in [0.2, 0.25) is 0 Å². The molecule has 1 saturated heterocycles. The molecule has 0 amide bonds. The first kappa shape index (κ1) is 13.3. The van der Waals surface area contributed by atoms with Crippen molar-refractivity contribution in [1.82, 2.24) is 10.2 Å². The molecule has 0 aromatic rings. The van der Waals surface area contributed by atoms with Crippen LogP contribution >= 0.6 is 0 Å². The summed E-state index contributed by atoms with van der Waals surface area (Å²) in [7, 11) is 0. The summed E-state index contributed by atoms with van der Waals surface area (Å²) in [6.07, 6.45) is 4.01. The summed E-state index contributed by atoms with van der Waals surface area (Å²) < 4.78 is 0. The van der Waals surface area contributed by atoms with Crippen molar-refractivity contribution < 1.29 is 5.11 Å². The lowest BCUT2D eigenvalue weighted by Gasteiger charge is -2.29. The fourth-order valence-corrected chi connectivity index (χ4v) is 2.67. The summed E-state index contributed by atoms with van der Waals surface area (Å²) in [4.78, 5) is 2.64. The maximum absolute atomic E-state index is 10.2. The summed E-state index contributed by atoms with van der Waals surface area (Å²) in [5.74, 6) is 0.299. The summed E-state index contributed by atoms with van der Waals surface area (Å²) in [5, 5.41) is 13.8. The van der Waals surface area contributed by atoms with Gasteiger partial charge in [0.25, 0.3) is 0 Å². The van der Waals surface area contributed by atoms with Crippen LogP contribution in [0.5, 0.6) is 0 Å². The molecule has 0 radical (unpaired) electrons. The molecule has 3 nitrogen and oxygen atoms in total. The molecule has 0 spiro atoms. The van der Waals surface area contributed by atoms with Crippen molar-refractivity contribution in [3.63, 3.8) is 0 Å². The highest BCUT2D eigenvalue weighted by molar-refractivity contribution is 4.96. The molecule has 2 fully saturated rings. The topological polar surface area (TPSA) is 35.5 Å². The second-order valence-corrected chi connectivity index (χ2v) is 6.60. The Morgan fingerprint density at radius 1 is 1.41 bits per heavy atom. The van der Waals surface area contributed by atoms with Crippen molar-refractivity contribution in [2.24, 2.45) is 5.92 Å². The molecule has 1 aliphatic heterocycles. The fraction of sp³-hybridized carbons (Fsp3) is 1.00. The molecule has 17 heavy (non-hydrogen) atoms. The molecule has 2 N–H and O–H groups in total. The van der Waals surface area contributed by atoms with Crippen LogP contribution < -0.4 is 5.32 Å². The molecule has 3 unspecified atom stereocenters. The van der Waals surface area contributed by atoms with E-state index in [-0.39, 0.29) is 0 Å². The lowest BCUT2D eigenvalue weighted by molar-refractivity contribution is 0.0120. The first-order valence-electron chi connectivity index (χ1n) is 7.11. The van der Waals surface area contributed by atoms with E-state index in [1.807, 2.05) is 6.92 Å². The predicted molar refractivity (Wildman–Crippen MR) is 71.1 cm³/mol. The Morgan fingerprint density at radius 2 is 2.06 bits per heavy atom. The van der Waals surface area contributed by atoms with Gasteiger partial charge < -0.3 is 10.4 Å². The van der Waals surface area contributed by atoms with Gasteiger partial charge in [0.15, 0.2) is 0 Å². The van der Waals surface area contributed by atoms with Crippen LogP contribution in [-0.2, 0) is 0 Å². The molecule has 3 heteroatoms. The van der Waals surface area contributed by atoms with Gasteiger partial charge in [-0.1, -0.05) is 13.8 Å². The largest absolute Gasteiger partial charge is 0.389 e. The van der Waals surface area contributed by atoms with E-state index in [0.29, 0.717) is 24.5 Å². The Bertz CT molecular complexity index is 261. The Hall–Kier alpha value is -0.120. The highest BCUT2D eigenvalue weighted by Crippen LogP contribution is 2.33. The van der Waals surface area contributed by atoms with E-state index in [4.69, 9.17) is 0 Å². The minimum Gasteiger partial charge on any atom is -0.389 e. The van der Waals surface area contributed by atoms with E-state index in [1.54, 1.807) is 0 Å². The molecular formula is C14H28N2O. The number of aliphatic hydroxyl groups is 1. The SMILES string of the molecule is CC1CC(NCC(C)(O)C(C)C)CN1C1CC1. The smallest absolute Gasteiger partial charge is 0.0766 e. The minimum absolute atomic E-state index is 0.299. The molecule has 2 rings (SSSR count). The zero-order valence-electron chi connectivity index (χ0n) is 11.7. The molecule has 2 aliphatic rings. The van der Waals surface area contributed by atoms with Gasteiger partial charge in [-0.25, -0.2) is 0 Å². The molecule has 0 aromatic heterocycles. The lowest BCUT2D eigenvalue weighted by Crippen LogP contribution is -2.46. The van der Waals surface area contributed by atoms with Crippen LogP contribution in [0.15, 0.2) is 0 Å². The highest BCUT2D eigenvalue weighted by atomic mass is 16.3. The molecule has 1 heterocycles. The Balaban J connectivity index is 1.77. The van der Waals surface area contributed by atoms with Crippen molar-refractivity contribution >= 4 is 0 Å². The van der Waals surface area contributed by atoms with E-state index in [0.717, 1.165) is 6.04 Å². The summed E-state index contributed by atoms with van der Waals surface area (Å²) in [5.41, 5.74) is -0.587. The predicted octanol–water partition coefficient (Wildman–Crippen LogP) is 1.61. The number of nitrogens with zero attached hydrogens (tertiary/aromatic N) is 1. The van der Waals surface area contributed by atoms with E-state index in [1.165, 1.54) is 25.8 Å². The normalized spacial score (nSPS) is 34.2. The van der Waals surface area contributed by atoms with Gasteiger partial charge in [-0.3, -0.25) is 4.90 Å². The Labute approximate surface area is 106 Å². The van der Waals surface area contributed by atoms with E-state index in [2.05, 4.69) is 31.0 Å². The van der Waals surface area contributed by atoms with Crippen molar-refractivity contribution in [3.8, 4) is 0 Å². The van der Waals surface area contributed by atoms with Gasteiger partial charge in [-0.05, 0) is 39.0 Å². The Kier molecular flexibility index (Phi) is 3.81. The van der Waals surface area contributed by atoms with Crippen LogP contribution in [0.4, 0.5) is 0 Å². The van der Waals surface area contributed by atoms with Gasteiger partial charge in [0.1, 0.15) is 0 Å². The number of nitrogens with one attached hydrogen (secondary N) is 1. The second kappa shape index (κ2) is 4.87. The number of hydrogen-bond acceptors (Lipinski definition) is 3. The third-order valence-electron chi connectivity index (χ3n) is 4.63. The minimum atomic E-state index is -0.587. The van der Waals surface area contributed by atoms with Gasteiger partial charge >= 0.3 is 0 Å². The molecule has 100 valence electrons. The monoisotopic (exact) mass is 240 g/mol. The van der Waals surface area contributed by atoms with Crippen molar-refractivity contribution in [1.29, 1.82) is 0 Å². The van der Waals surface area contributed by atoms with Gasteiger partial charge in [-0.15, -0.1) is 0 Å². The number of likely N-dealkylation sites (tertiary alicyclic amines) is 1. The van der Waals surface area contributed by atoms with E-state index in [9.17, 15) is 5.11 Å². The third kappa shape index (κ3) is 3.21. The van der Waals surface area contributed by atoms with Crippen LogP contribution in [-0.4, -0.2) is 46.8 Å². The van der Waals surface area contributed by atoms with Crippen LogP contribution in [0.25, 0.3) is 0 Å². The van der Waals surface area contributed by atoms with E-state index >= 15 is 0 Å². The molecule has 3 atom stereocenters. The zero-order chi connectivity index (χ0) is 12.6. The Morgan fingerprint density at radius 3 is 2.59 bits per heavy atom. The van der Waals surface area contributed by atoms with Gasteiger partial charge in [-0.2, -0.15) is 0 Å². The summed E-state index contributed by atoms with van der Waals surface area (Å²) in [6, 6.07) is 2.14. The molecule has 0 aromatic carbocycles. The standard InChI is InChI=1S/C14H28N2O/c1-10(2)14(4,17)9-15-12-7-11(3)16(8-12)13-5-6-13/h10-13,15,17H,5-9H2,1-4H3. The van der Waals surface area contributed by atoms with Crippen molar-refractivity contribution in [2.45, 2.75) is 70.7 Å². The first-order valence-corrected chi connectivity index (χ1v) is 7.11. The van der Waals surface area contributed by atoms with Gasteiger partial charge in [0, 0.05) is 31.2 Å². The maximum Gasteiger partial charge on any atom is 0.0766 e. The first-order chi connectivity index (χ1) is 7.90. The molecule has 1 saturated carbocycles. The second-order valence-electron chi connectivity index (χ2n) is 6.60. The third-order valence-corrected chi connectivity index (χ3v) is 4.63. The summed E-state index contributed by atoms with van der Waals surface area (Å²) >= 11 is 0. The molecular weight excluding hydrogens is 212 g/mol. The highest BCUT2D eigenvalue weighted by Gasteiger charge is 2.39. The van der Waals surface area contributed by atoms with Crippen molar-refractivity contribution in [3.05, 3.63) is 0 Å². The summed E-state index contributed by atoms with van der Waals surface area (Å²) in [6.45, 7) is 10.3. The number of hydrogen-bond donors (Lipinski definition) is 2. The van der Waals surface area contributed by atoms with Crippen molar-refractivity contribution in [2.75, 3.05) is 13.1 Å². The van der Waals surface area contributed by atoms with Crippen LogP contribution in [0.2, 0.25) is 0 Å². The average molecular weight is 240 g/mol. The zero-order valence-corrected chi connectivity index (χ0v) is 11.7. The van der Waals surface area contributed by atoms with Crippen LogP contribution in [0.1, 0.15) is 47.0 Å². The average Bonchev–Trinajstić information content (AvgIpc) is 3.00. The van der Waals surface area contributed by atoms with Gasteiger partial charge in [0.05, 0.1) is 5.60 Å². The maximum atomic E-state index is 10.2. The molecule has 1 aliphatic carbocycles. The quantitative estimate of drug-likeness (QED) is 0.766. The van der Waals surface area contributed by atoms with Crippen LogP contribution in [0, 0.1) is 5.92 Å².